The van der Waals surface area contributed by atoms with Crippen LogP contribution in [0.4, 0.5) is 5.69 Å². The quantitative estimate of drug-likeness (QED) is 0.754. The standard InChI is InChI=1S/C14H12ClN3O3S2/c1-8-13(7-12(22-8)14-16-9(2)21-17-14)23(19,20)18-11-5-3-10(15)4-6-11/h3-7,18H,1-2H3. The molecular formula is C14H12ClN3O3S2. The lowest BCUT2D eigenvalue weighted by atomic mass is 10.3. The number of hydrogen-bond donors (Lipinski definition) is 1. The van der Waals surface area contributed by atoms with E-state index in [2.05, 4.69) is 14.9 Å². The molecule has 0 fully saturated rings. The van der Waals surface area contributed by atoms with Gasteiger partial charge in [-0.25, -0.2) is 8.42 Å². The van der Waals surface area contributed by atoms with Gasteiger partial charge in [0, 0.05) is 22.5 Å². The molecule has 0 unspecified atom stereocenters. The van der Waals surface area contributed by atoms with Gasteiger partial charge in [0.1, 0.15) is 4.90 Å². The molecule has 2 heterocycles. The predicted molar refractivity (Wildman–Crippen MR) is 89.3 cm³/mol. The van der Waals surface area contributed by atoms with Crippen molar-refractivity contribution in [2.45, 2.75) is 18.7 Å². The Morgan fingerprint density at radius 1 is 1.22 bits per heavy atom. The van der Waals surface area contributed by atoms with E-state index in [4.69, 9.17) is 16.1 Å². The van der Waals surface area contributed by atoms with Gasteiger partial charge in [-0.05, 0) is 37.3 Å². The monoisotopic (exact) mass is 369 g/mol. The highest BCUT2D eigenvalue weighted by Crippen LogP contribution is 2.33. The van der Waals surface area contributed by atoms with Crippen LogP contribution in [0.25, 0.3) is 10.7 Å². The zero-order valence-corrected chi connectivity index (χ0v) is 14.6. The molecule has 2 aromatic heterocycles. The molecule has 3 rings (SSSR count). The van der Waals surface area contributed by atoms with E-state index in [-0.39, 0.29) is 4.90 Å². The summed E-state index contributed by atoms with van der Waals surface area (Å²) >= 11 is 7.10. The van der Waals surface area contributed by atoms with Gasteiger partial charge in [-0.3, -0.25) is 4.72 Å². The molecule has 0 spiro atoms. The predicted octanol–water partition coefficient (Wildman–Crippen LogP) is 3.87. The van der Waals surface area contributed by atoms with Crippen LogP contribution in [0.3, 0.4) is 0 Å². The summed E-state index contributed by atoms with van der Waals surface area (Å²) in [6.07, 6.45) is 0. The molecule has 1 aromatic carbocycles. The lowest BCUT2D eigenvalue weighted by Gasteiger charge is -2.07. The van der Waals surface area contributed by atoms with E-state index < -0.39 is 10.0 Å². The Morgan fingerprint density at radius 2 is 1.91 bits per heavy atom. The average molecular weight is 370 g/mol. The summed E-state index contributed by atoms with van der Waals surface area (Å²) in [5, 5.41) is 4.35. The van der Waals surface area contributed by atoms with Crippen LogP contribution in [0.5, 0.6) is 0 Å². The van der Waals surface area contributed by atoms with Gasteiger partial charge < -0.3 is 4.52 Å². The van der Waals surface area contributed by atoms with Gasteiger partial charge in [0.25, 0.3) is 10.0 Å². The van der Waals surface area contributed by atoms with Crippen molar-refractivity contribution < 1.29 is 12.9 Å². The van der Waals surface area contributed by atoms with Crippen LogP contribution in [-0.4, -0.2) is 18.6 Å². The minimum Gasteiger partial charge on any atom is -0.339 e. The molecule has 0 atom stereocenters. The second-order valence-electron chi connectivity index (χ2n) is 4.78. The van der Waals surface area contributed by atoms with Gasteiger partial charge in [0.2, 0.25) is 11.7 Å². The van der Waals surface area contributed by atoms with Crippen molar-refractivity contribution >= 4 is 38.6 Å². The maximum atomic E-state index is 12.6. The molecule has 0 saturated heterocycles. The molecule has 0 radical (unpaired) electrons. The molecule has 0 bridgehead atoms. The third-order valence-electron chi connectivity index (χ3n) is 3.01. The number of aromatic nitrogens is 2. The number of hydrogen-bond acceptors (Lipinski definition) is 6. The first-order chi connectivity index (χ1) is 10.8. The highest BCUT2D eigenvalue weighted by molar-refractivity contribution is 7.93. The van der Waals surface area contributed by atoms with E-state index in [9.17, 15) is 8.42 Å². The zero-order chi connectivity index (χ0) is 16.6. The molecular weight excluding hydrogens is 358 g/mol. The number of halogens is 1. The van der Waals surface area contributed by atoms with Gasteiger partial charge in [-0.2, -0.15) is 4.98 Å². The van der Waals surface area contributed by atoms with E-state index in [1.54, 1.807) is 44.2 Å². The largest absolute Gasteiger partial charge is 0.339 e. The van der Waals surface area contributed by atoms with Gasteiger partial charge in [0.15, 0.2) is 0 Å². The van der Waals surface area contributed by atoms with E-state index in [1.807, 2.05) is 0 Å². The molecule has 9 heteroatoms. The number of aryl methyl sites for hydroxylation is 2. The summed E-state index contributed by atoms with van der Waals surface area (Å²) in [5.41, 5.74) is 0.442. The van der Waals surface area contributed by atoms with Crippen molar-refractivity contribution in [3.8, 4) is 10.7 Å². The van der Waals surface area contributed by atoms with Crippen LogP contribution in [0, 0.1) is 13.8 Å². The van der Waals surface area contributed by atoms with Crippen LogP contribution < -0.4 is 4.72 Å². The third-order valence-corrected chi connectivity index (χ3v) is 5.94. The second-order valence-corrected chi connectivity index (χ2v) is 8.12. The van der Waals surface area contributed by atoms with Crippen LogP contribution in [-0.2, 0) is 10.0 Å². The van der Waals surface area contributed by atoms with Crippen molar-refractivity contribution in [3.05, 3.63) is 46.1 Å². The fourth-order valence-electron chi connectivity index (χ4n) is 1.97. The summed E-state index contributed by atoms with van der Waals surface area (Å²) in [5.74, 6) is 0.804. The summed E-state index contributed by atoms with van der Waals surface area (Å²) in [6.45, 7) is 3.41. The zero-order valence-electron chi connectivity index (χ0n) is 12.2. The normalized spacial score (nSPS) is 11.6. The second kappa shape index (κ2) is 5.95. The van der Waals surface area contributed by atoms with E-state index >= 15 is 0 Å². The van der Waals surface area contributed by atoms with E-state index in [1.165, 1.54) is 11.3 Å². The molecule has 3 aromatic rings. The van der Waals surface area contributed by atoms with Crippen molar-refractivity contribution in [2.24, 2.45) is 0 Å². The molecule has 0 aliphatic carbocycles. The van der Waals surface area contributed by atoms with E-state index in [0.29, 0.717) is 32.2 Å². The summed E-state index contributed by atoms with van der Waals surface area (Å²) in [4.78, 5) is 5.58. The van der Waals surface area contributed by atoms with Gasteiger partial charge in [-0.15, -0.1) is 11.3 Å². The average Bonchev–Trinajstić information content (AvgIpc) is 3.07. The fourth-order valence-corrected chi connectivity index (χ4v) is 4.67. The highest BCUT2D eigenvalue weighted by Gasteiger charge is 2.22. The molecule has 0 aliphatic heterocycles. The lowest BCUT2D eigenvalue weighted by molar-refractivity contribution is 0.394. The summed E-state index contributed by atoms with van der Waals surface area (Å²) in [7, 11) is -3.71. The Kier molecular flexibility index (Phi) is 4.13. The lowest BCUT2D eigenvalue weighted by Crippen LogP contribution is -2.12. The van der Waals surface area contributed by atoms with Crippen LogP contribution >= 0.6 is 22.9 Å². The van der Waals surface area contributed by atoms with Gasteiger partial charge in [-0.1, -0.05) is 16.8 Å². The SMILES string of the molecule is Cc1nc(-c2cc(S(=O)(=O)Nc3ccc(Cl)cc3)c(C)s2)no1. The first kappa shape index (κ1) is 16.0. The van der Waals surface area contributed by atoms with Crippen LogP contribution in [0.15, 0.2) is 39.8 Å². The third kappa shape index (κ3) is 3.39. The molecule has 23 heavy (non-hydrogen) atoms. The molecule has 0 aliphatic rings. The maximum Gasteiger partial charge on any atom is 0.263 e. The van der Waals surface area contributed by atoms with Crippen LogP contribution in [0.1, 0.15) is 10.8 Å². The molecule has 120 valence electrons. The Labute approximate surface area is 142 Å². The summed E-state index contributed by atoms with van der Waals surface area (Å²) < 4.78 is 32.6. The number of rotatable bonds is 4. The van der Waals surface area contributed by atoms with Gasteiger partial charge in [0.05, 0.1) is 4.88 Å². The number of thiophene rings is 1. The van der Waals surface area contributed by atoms with Crippen LogP contribution in [0.2, 0.25) is 5.02 Å². The molecule has 0 amide bonds. The smallest absolute Gasteiger partial charge is 0.263 e. The Hall–Kier alpha value is -1.90. The van der Waals surface area contributed by atoms with Crippen molar-refractivity contribution in [1.82, 2.24) is 10.1 Å². The number of nitrogens with zero attached hydrogens (tertiary/aromatic N) is 2. The van der Waals surface area contributed by atoms with Gasteiger partial charge >= 0.3 is 0 Å². The maximum absolute atomic E-state index is 12.6. The number of anilines is 1. The first-order valence-electron chi connectivity index (χ1n) is 6.55. The van der Waals surface area contributed by atoms with Crippen molar-refractivity contribution in [1.29, 1.82) is 0 Å². The first-order valence-corrected chi connectivity index (χ1v) is 9.22. The molecule has 0 saturated carbocycles. The Balaban J connectivity index is 1.94. The minimum atomic E-state index is -3.71. The summed E-state index contributed by atoms with van der Waals surface area (Å²) in [6, 6.07) is 7.99. The number of nitrogens with one attached hydrogen (secondary N) is 1. The molecule has 6 nitrogen and oxygen atoms in total. The number of sulfonamides is 1. The minimum absolute atomic E-state index is 0.190. The number of benzene rings is 1. The topological polar surface area (TPSA) is 85.1 Å². The molecule has 1 N–H and O–H groups in total. The van der Waals surface area contributed by atoms with E-state index in [0.717, 1.165) is 0 Å². The Morgan fingerprint density at radius 3 is 2.52 bits per heavy atom. The van der Waals surface area contributed by atoms with Crippen molar-refractivity contribution in [3.63, 3.8) is 0 Å². The fraction of sp³-hybridized carbons (Fsp3) is 0.143. The van der Waals surface area contributed by atoms with Crippen molar-refractivity contribution in [2.75, 3.05) is 4.72 Å². The Bertz CT molecular complexity index is 946. The highest BCUT2D eigenvalue weighted by atomic mass is 35.5.